The van der Waals surface area contributed by atoms with Gasteiger partial charge in [0.1, 0.15) is 11.0 Å². The second kappa shape index (κ2) is 2.20. The van der Waals surface area contributed by atoms with Crippen LogP contribution in [0.25, 0.3) is 11.0 Å². The van der Waals surface area contributed by atoms with Crippen LogP contribution < -0.4 is 5.73 Å². The van der Waals surface area contributed by atoms with Crippen LogP contribution in [-0.2, 0) is 7.05 Å². The molecule has 4 heteroatoms. The van der Waals surface area contributed by atoms with Crippen LogP contribution in [0, 0.1) is 6.92 Å². The first kappa shape index (κ1) is 7.09. The van der Waals surface area contributed by atoms with Crippen LogP contribution in [0.4, 0.5) is 5.69 Å². The van der Waals surface area contributed by atoms with Gasteiger partial charge in [-0.1, -0.05) is 6.07 Å². The quantitative estimate of drug-likeness (QED) is 0.584. The van der Waals surface area contributed by atoms with E-state index in [0.717, 1.165) is 22.3 Å². The topological polar surface area (TPSA) is 56.7 Å². The number of nitrogen functional groups attached to an aromatic ring is 1. The molecule has 12 heavy (non-hydrogen) atoms. The Kier molecular flexibility index (Phi) is 1.30. The van der Waals surface area contributed by atoms with Crippen molar-refractivity contribution < 1.29 is 0 Å². The van der Waals surface area contributed by atoms with E-state index in [9.17, 15) is 0 Å². The zero-order chi connectivity index (χ0) is 8.72. The Morgan fingerprint density at radius 1 is 1.33 bits per heavy atom. The highest BCUT2D eigenvalue weighted by Crippen LogP contribution is 2.20. The SMILES string of the molecule is Cc1ccc2nn(C)nc2c1N. The summed E-state index contributed by atoms with van der Waals surface area (Å²) >= 11 is 0. The largest absolute Gasteiger partial charge is 0.397 e. The van der Waals surface area contributed by atoms with Crippen molar-refractivity contribution in [2.75, 3.05) is 5.73 Å². The van der Waals surface area contributed by atoms with Crippen molar-refractivity contribution in [2.24, 2.45) is 7.05 Å². The van der Waals surface area contributed by atoms with Crippen molar-refractivity contribution in [3.63, 3.8) is 0 Å². The molecular formula is C8H10N4. The number of nitrogens with two attached hydrogens (primary N) is 1. The van der Waals surface area contributed by atoms with Crippen molar-refractivity contribution in [1.82, 2.24) is 15.0 Å². The van der Waals surface area contributed by atoms with Gasteiger partial charge in [0, 0.05) is 7.05 Å². The fourth-order valence-corrected chi connectivity index (χ4v) is 1.21. The Labute approximate surface area is 70.0 Å². The van der Waals surface area contributed by atoms with Crippen molar-refractivity contribution in [3.8, 4) is 0 Å². The molecule has 0 saturated carbocycles. The van der Waals surface area contributed by atoms with Gasteiger partial charge in [-0.25, -0.2) is 0 Å². The maximum Gasteiger partial charge on any atom is 0.136 e. The number of rotatable bonds is 0. The third-order valence-corrected chi connectivity index (χ3v) is 1.91. The van der Waals surface area contributed by atoms with Crippen LogP contribution in [0.3, 0.4) is 0 Å². The molecule has 2 N–H and O–H groups in total. The lowest BCUT2D eigenvalue weighted by molar-refractivity contribution is 0.665. The molecule has 4 nitrogen and oxygen atoms in total. The summed E-state index contributed by atoms with van der Waals surface area (Å²) < 4.78 is 0. The first-order chi connectivity index (χ1) is 5.68. The molecule has 0 aliphatic carbocycles. The lowest BCUT2D eigenvalue weighted by atomic mass is 10.2. The van der Waals surface area contributed by atoms with E-state index >= 15 is 0 Å². The van der Waals surface area contributed by atoms with Crippen molar-refractivity contribution in [3.05, 3.63) is 17.7 Å². The molecule has 0 atom stereocenters. The fourth-order valence-electron chi connectivity index (χ4n) is 1.21. The van der Waals surface area contributed by atoms with E-state index < -0.39 is 0 Å². The van der Waals surface area contributed by atoms with Gasteiger partial charge in [-0.2, -0.15) is 15.0 Å². The zero-order valence-electron chi connectivity index (χ0n) is 7.07. The molecule has 0 saturated heterocycles. The lowest BCUT2D eigenvalue weighted by Gasteiger charge is -1.96. The van der Waals surface area contributed by atoms with E-state index in [0.29, 0.717) is 0 Å². The number of fused-ring (bicyclic) bond motifs is 1. The van der Waals surface area contributed by atoms with Gasteiger partial charge in [-0.3, -0.25) is 0 Å². The third-order valence-electron chi connectivity index (χ3n) is 1.91. The molecule has 0 bridgehead atoms. The van der Waals surface area contributed by atoms with E-state index in [-0.39, 0.29) is 0 Å². The normalized spacial score (nSPS) is 10.8. The van der Waals surface area contributed by atoms with Crippen LogP contribution in [0.1, 0.15) is 5.56 Å². The number of hydrogen-bond donors (Lipinski definition) is 1. The van der Waals surface area contributed by atoms with Crippen LogP contribution in [0.2, 0.25) is 0 Å². The Balaban J connectivity index is 2.89. The highest BCUT2D eigenvalue weighted by atomic mass is 15.4. The van der Waals surface area contributed by atoms with Crippen LogP contribution >= 0.6 is 0 Å². The van der Waals surface area contributed by atoms with Crippen LogP contribution in [0.5, 0.6) is 0 Å². The summed E-state index contributed by atoms with van der Waals surface area (Å²) in [6.45, 7) is 1.96. The molecule has 0 aliphatic rings. The lowest BCUT2D eigenvalue weighted by Crippen LogP contribution is -1.92. The summed E-state index contributed by atoms with van der Waals surface area (Å²) in [6.07, 6.45) is 0. The Morgan fingerprint density at radius 2 is 2.08 bits per heavy atom. The van der Waals surface area contributed by atoms with Crippen molar-refractivity contribution >= 4 is 16.7 Å². The molecule has 0 amide bonds. The number of anilines is 1. The van der Waals surface area contributed by atoms with Gasteiger partial charge in [0.25, 0.3) is 0 Å². The molecule has 0 aliphatic heterocycles. The molecule has 0 fully saturated rings. The summed E-state index contributed by atoms with van der Waals surface area (Å²) in [5, 5.41) is 8.29. The standard InChI is InChI=1S/C8H10N4/c1-5-3-4-6-8(7(5)9)11-12(2)10-6/h3-4H,9H2,1-2H3. The highest BCUT2D eigenvalue weighted by molar-refractivity contribution is 5.87. The van der Waals surface area contributed by atoms with Gasteiger partial charge >= 0.3 is 0 Å². The van der Waals surface area contributed by atoms with Crippen molar-refractivity contribution in [2.45, 2.75) is 6.92 Å². The van der Waals surface area contributed by atoms with Crippen LogP contribution in [-0.4, -0.2) is 15.0 Å². The molecule has 2 rings (SSSR count). The predicted octanol–water partition coefficient (Wildman–Crippen LogP) is 0.859. The van der Waals surface area contributed by atoms with E-state index in [1.54, 1.807) is 7.05 Å². The Morgan fingerprint density at radius 3 is 2.83 bits per heavy atom. The monoisotopic (exact) mass is 162 g/mol. The second-order valence-electron chi connectivity index (χ2n) is 2.85. The zero-order valence-corrected chi connectivity index (χ0v) is 7.07. The maximum atomic E-state index is 5.82. The highest BCUT2D eigenvalue weighted by Gasteiger charge is 2.05. The summed E-state index contributed by atoms with van der Waals surface area (Å²) in [4.78, 5) is 1.53. The van der Waals surface area contributed by atoms with Crippen LogP contribution in [0.15, 0.2) is 12.1 Å². The number of aromatic nitrogens is 3. The fraction of sp³-hybridized carbons (Fsp3) is 0.250. The van der Waals surface area contributed by atoms with E-state index in [1.807, 2.05) is 19.1 Å². The Bertz CT molecular complexity index is 430. The van der Waals surface area contributed by atoms with Gasteiger partial charge in [0.15, 0.2) is 0 Å². The predicted molar refractivity (Wildman–Crippen MR) is 47.7 cm³/mol. The van der Waals surface area contributed by atoms with E-state index in [4.69, 9.17) is 5.73 Å². The van der Waals surface area contributed by atoms with Gasteiger partial charge in [-0.15, -0.1) is 0 Å². The summed E-state index contributed by atoms with van der Waals surface area (Å²) in [7, 11) is 1.79. The van der Waals surface area contributed by atoms with E-state index in [1.165, 1.54) is 4.80 Å². The second-order valence-corrected chi connectivity index (χ2v) is 2.85. The third kappa shape index (κ3) is 0.845. The smallest absolute Gasteiger partial charge is 0.136 e. The molecule has 1 heterocycles. The van der Waals surface area contributed by atoms with Gasteiger partial charge in [0.05, 0.1) is 5.69 Å². The molecule has 0 radical (unpaired) electrons. The minimum atomic E-state index is 0.723. The summed E-state index contributed by atoms with van der Waals surface area (Å²) in [6, 6.07) is 3.88. The molecule has 0 spiro atoms. The number of benzene rings is 1. The average molecular weight is 162 g/mol. The first-order valence-electron chi connectivity index (χ1n) is 3.74. The van der Waals surface area contributed by atoms with Gasteiger partial charge in [0.2, 0.25) is 0 Å². The minimum Gasteiger partial charge on any atom is -0.397 e. The first-order valence-corrected chi connectivity index (χ1v) is 3.74. The molecular weight excluding hydrogens is 152 g/mol. The molecule has 1 aromatic heterocycles. The molecule has 62 valence electrons. The summed E-state index contributed by atoms with van der Waals surface area (Å²) in [5.74, 6) is 0. The summed E-state index contributed by atoms with van der Waals surface area (Å²) in [5.41, 5.74) is 9.22. The average Bonchev–Trinajstić information content (AvgIpc) is 2.39. The minimum absolute atomic E-state index is 0.723. The molecule has 0 unspecified atom stereocenters. The van der Waals surface area contributed by atoms with Crippen molar-refractivity contribution in [1.29, 1.82) is 0 Å². The number of hydrogen-bond acceptors (Lipinski definition) is 3. The number of aryl methyl sites for hydroxylation is 2. The van der Waals surface area contributed by atoms with E-state index in [2.05, 4.69) is 10.2 Å². The molecule has 2 aromatic rings. The number of nitrogens with zero attached hydrogens (tertiary/aromatic N) is 3. The molecule has 1 aromatic carbocycles. The Hall–Kier alpha value is -1.58. The maximum absolute atomic E-state index is 5.82. The van der Waals surface area contributed by atoms with Gasteiger partial charge in [-0.05, 0) is 18.6 Å². The van der Waals surface area contributed by atoms with Gasteiger partial charge < -0.3 is 5.73 Å².